The first-order chi connectivity index (χ1) is 9.01. The Morgan fingerprint density at radius 1 is 1.26 bits per heavy atom. The molecule has 0 saturated heterocycles. The van der Waals surface area contributed by atoms with Gasteiger partial charge in [-0.05, 0) is 59.2 Å². The quantitative estimate of drug-likeness (QED) is 0.714. The predicted octanol–water partition coefficient (Wildman–Crippen LogP) is 5.42. The van der Waals surface area contributed by atoms with Crippen LogP contribution in [0.5, 0.6) is 0 Å². The third kappa shape index (κ3) is 3.66. The lowest BCUT2D eigenvalue weighted by atomic mass is 10.1. The van der Waals surface area contributed by atoms with Crippen molar-refractivity contribution >= 4 is 43.2 Å². The van der Waals surface area contributed by atoms with Gasteiger partial charge in [-0.15, -0.1) is 11.3 Å². The molecular weight excluding hydrogens is 393 g/mol. The Kier molecular flexibility index (Phi) is 5.17. The Bertz CT molecular complexity index is 563. The van der Waals surface area contributed by atoms with Crippen molar-refractivity contribution < 1.29 is 4.39 Å². The Morgan fingerprint density at radius 2 is 2.00 bits per heavy atom. The summed E-state index contributed by atoms with van der Waals surface area (Å²) in [6.07, 6.45) is 0. The molecule has 0 saturated carbocycles. The fourth-order valence-electron chi connectivity index (χ4n) is 2.01. The minimum absolute atomic E-state index is 0.00470. The molecule has 2 aromatic rings. The van der Waals surface area contributed by atoms with Crippen LogP contribution in [0.3, 0.4) is 0 Å². The lowest BCUT2D eigenvalue weighted by Gasteiger charge is -2.18. The average Bonchev–Trinajstić information content (AvgIpc) is 2.64. The van der Waals surface area contributed by atoms with Gasteiger partial charge in [0.15, 0.2) is 0 Å². The highest BCUT2D eigenvalue weighted by molar-refractivity contribution is 9.10. The molecule has 19 heavy (non-hydrogen) atoms. The highest BCUT2D eigenvalue weighted by Crippen LogP contribution is 2.36. The molecule has 1 nitrogen and oxygen atoms in total. The standard InChI is InChI=1S/C14H14Br2FNS/c1-3-18-13(14-12(16)4-8(2)19-14)9-5-10(15)7-11(17)6-9/h4-7,13,18H,3H2,1-2H3. The SMILES string of the molecule is CCNC(c1cc(F)cc(Br)c1)c1sc(C)cc1Br. The molecule has 1 heterocycles. The summed E-state index contributed by atoms with van der Waals surface area (Å²) in [4.78, 5) is 2.41. The van der Waals surface area contributed by atoms with Gasteiger partial charge in [0.2, 0.25) is 0 Å². The lowest BCUT2D eigenvalue weighted by Crippen LogP contribution is -2.21. The fourth-order valence-corrected chi connectivity index (χ4v) is 4.47. The summed E-state index contributed by atoms with van der Waals surface area (Å²) < 4.78 is 15.4. The van der Waals surface area contributed by atoms with E-state index >= 15 is 0 Å². The van der Waals surface area contributed by atoms with Crippen molar-refractivity contribution in [3.63, 3.8) is 0 Å². The maximum Gasteiger partial charge on any atom is 0.124 e. The van der Waals surface area contributed by atoms with Crippen molar-refractivity contribution in [2.45, 2.75) is 19.9 Å². The van der Waals surface area contributed by atoms with Gasteiger partial charge in [0.1, 0.15) is 5.82 Å². The highest BCUT2D eigenvalue weighted by Gasteiger charge is 2.19. The van der Waals surface area contributed by atoms with Crippen LogP contribution in [0.4, 0.5) is 4.39 Å². The topological polar surface area (TPSA) is 12.0 Å². The van der Waals surface area contributed by atoms with Gasteiger partial charge in [-0.1, -0.05) is 22.9 Å². The van der Waals surface area contributed by atoms with Crippen LogP contribution in [-0.2, 0) is 0 Å². The zero-order valence-electron chi connectivity index (χ0n) is 10.6. The van der Waals surface area contributed by atoms with E-state index in [-0.39, 0.29) is 11.9 Å². The van der Waals surface area contributed by atoms with Crippen molar-refractivity contribution in [2.75, 3.05) is 6.54 Å². The molecule has 0 aliphatic rings. The minimum Gasteiger partial charge on any atom is -0.306 e. The van der Waals surface area contributed by atoms with Gasteiger partial charge in [-0.3, -0.25) is 0 Å². The Hall–Kier alpha value is -0.230. The zero-order valence-corrected chi connectivity index (χ0v) is 14.6. The molecule has 1 aromatic heterocycles. The smallest absolute Gasteiger partial charge is 0.124 e. The minimum atomic E-state index is -0.225. The molecule has 5 heteroatoms. The van der Waals surface area contributed by atoms with Crippen molar-refractivity contribution in [3.8, 4) is 0 Å². The fraction of sp³-hybridized carbons (Fsp3) is 0.286. The second-order valence-electron chi connectivity index (χ2n) is 4.26. The molecule has 0 fully saturated rings. The summed E-state index contributed by atoms with van der Waals surface area (Å²) in [5, 5.41) is 3.42. The first kappa shape index (κ1) is 15.2. The van der Waals surface area contributed by atoms with Crippen LogP contribution in [0.25, 0.3) is 0 Å². The van der Waals surface area contributed by atoms with Crippen LogP contribution in [0.1, 0.15) is 28.3 Å². The van der Waals surface area contributed by atoms with E-state index < -0.39 is 0 Å². The molecule has 0 aliphatic heterocycles. The highest BCUT2D eigenvalue weighted by atomic mass is 79.9. The van der Waals surface area contributed by atoms with Crippen LogP contribution >= 0.6 is 43.2 Å². The van der Waals surface area contributed by atoms with Gasteiger partial charge in [-0.2, -0.15) is 0 Å². The summed E-state index contributed by atoms with van der Waals surface area (Å²) in [6, 6.07) is 7.11. The van der Waals surface area contributed by atoms with E-state index in [0.717, 1.165) is 21.1 Å². The van der Waals surface area contributed by atoms with Gasteiger partial charge in [-0.25, -0.2) is 4.39 Å². The molecule has 2 rings (SSSR count). The zero-order chi connectivity index (χ0) is 14.0. The van der Waals surface area contributed by atoms with E-state index in [1.807, 2.05) is 6.07 Å². The molecule has 1 atom stereocenters. The van der Waals surface area contributed by atoms with Gasteiger partial charge >= 0.3 is 0 Å². The van der Waals surface area contributed by atoms with E-state index in [1.165, 1.54) is 15.8 Å². The average molecular weight is 407 g/mol. The molecule has 0 spiro atoms. The Balaban J connectivity index is 2.47. The van der Waals surface area contributed by atoms with Crippen LogP contribution in [0.15, 0.2) is 33.2 Å². The molecule has 0 radical (unpaired) electrons. The normalized spacial score (nSPS) is 12.7. The van der Waals surface area contributed by atoms with Crippen molar-refractivity contribution in [1.82, 2.24) is 5.32 Å². The molecule has 1 aromatic carbocycles. The van der Waals surface area contributed by atoms with E-state index in [9.17, 15) is 4.39 Å². The number of thiophene rings is 1. The van der Waals surface area contributed by atoms with E-state index in [1.54, 1.807) is 17.4 Å². The summed E-state index contributed by atoms with van der Waals surface area (Å²) in [5.74, 6) is -0.225. The second-order valence-corrected chi connectivity index (χ2v) is 7.32. The molecule has 102 valence electrons. The molecule has 0 amide bonds. The Labute approximate surface area is 133 Å². The summed E-state index contributed by atoms with van der Waals surface area (Å²) in [5.41, 5.74) is 0.927. The summed E-state index contributed by atoms with van der Waals surface area (Å²) in [6.45, 7) is 4.95. The maximum atomic E-state index is 13.6. The van der Waals surface area contributed by atoms with E-state index in [4.69, 9.17) is 0 Å². The van der Waals surface area contributed by atoms with Gasteiger partial charge in [0.05, 0.1) is 6.04 Å². The number of halogens is 3. The monoisotopic (exact) mass is 405 g/mol. The number of aryl methyl sites for hydroxylation is 1. The van der Waals surface area contributed by atoms with Crippen molar-refractivity contribution in [1.29, 1.82) is 0 Å². The van der Waals surface area contributed by atoms with Crippen LogP contribution in [-0.4, -0.2) is 6.54 Å². The van der Waals surface area contributed by atoms with E-state index in [0.29, 0.717) is 0 Å². The Morgan fingerprint density at radius 3 is 2.53 bits per heavy atom. The van der Waals surface area contributed by atoms with Crippen LogP contribution in [0, 0.1) is 12.7 Å². The lowest BCUT2D eigenvalue weighted by molar-refractivity contribution is 0.605. The molecule has 0 bridgehead atoms. The van der Waals surface area contributed by atoms with E-state index in [2.05, 4.69) is 57.1 Å². The third-order valence-corrected chi connectivity index (χ3v) is 5.22. The van der Waals surface area contributed by atoms with Crippen molar-refractivity contribution in [3.05, 3.63) is 54.3 Å². The van der Waals surface area contributed by atoms with Gasteiger partial charge < -0.3 is 5.32 Å². The number of nitrogens with one attached hydrogen (secondary N) is 1. The molecule has 1 N–H and O–H groups in total. The predicted molar refractivity (Wildman–Crippen MR) is 86.4 cm³/mol. The second kappa shape index (κ2) is 6.48. The van der Waals surface area contributed by atoms with Gasteiger partial charge in [0.25, 0.3) is 0 Å². The first-order valence-electron chi connectivity index (χ1n) is 5.96. The van der Waals surface area contributed by atoms with Crippen LogP contribution < -0.4 is 5.32 Å². The number of rotatable bonds is 4. The summed E-state index contributed by atoms with van der Waals surface area (Å²) in [7, 11) is 0. The largest absolute Gasteiger partial charge is 0.306 e. The summed E-state index contributed by atoms with van der Waals surface area (Å²) >= 11 is 8.66. The first-order valence-corrected chi connectivity index (χ1v) is 8.36. The molecular formula is C14H14Br2FNS. The van der Waals surface area contributed by atoms with Crippen molar-refractivity contribution in [2.24, 2.45) is 0 Å². The van der Waals surface area contributed by atoms with Gasteiger partial charge in [0, 0.05) is 18.7 Å². The third-order valence-electron chi connectivity index (χ3n) is 2.72. The number of hydrogen-bond donors (Lipinski definition) is 1. The maximum absolute atomic E-state index is 13.6. The number of benzene rings is 1. The molecule has 1 unspecified atom stereocenters. The number of hydrogen-bond acceptors (Lipinski definition) is 2. The molecule has 0 aliphatic carbocycles. The van der Waals surface area contributed by atoms with Crippen LogP contribution in [0.2, 0.25) is 0 Å².